The maximum atomic E-state index is 10.3. The van der Waals surface area contributed by atoms with Gasteiger partial charge in [-0.1, -0.05) is 87.7 Å². The van der Waals surface area contributed by atoms with Crippen LogP contribution < -0.4 is 10.6 Å². The number of hydrogen-bond acceptors (Lipinski definition) is 1. The standard InChI is InChI=1S/C23H29OP/c1-23(2)17-14-21(23)20(16-24)22(15-17)25(3,18-10-6-4-7-11-18)19-12-8-5-9-13-19/h4-13,17,20-22,24H,3,14-16H2,1-2H3/t17-,20-,21+,22+/m1/s1. The Morgan fingerprint density at radius 3 is 1.92 bits per heavy atom. The molecule has 2 aromatic carbocycles. The summed E-state index contributed by atoms with van der Waals surface area (Å²) < 4.78 is 0. The Kier molecular flexibility index (Phi) is 4.21. The zero-order valence-electron chi connectivity index (χ0n) is 15.3. The van der Waals surface area contributed by atoms with Crippen molar-refractivity contribution in [3.63, 3.8) is 0 Å². The predicted molar refractivity (Wildman–Crippen MR) is 111 cm³/mol. The molecule has 2 bridgehead atoms. The topological polar surface area (TPSA) is 20.2 Å². The molecule has 0 radical (unpaired) electrons. The number of rotatable bonds is 4. The summed E-state index contributed by atoms with van der Waals surface area (Å²) in [6.07, 6.45) is 7.43. The van der Waals surface area contributed by atoms with E-state index < -0.39 is 6.89 Å². The van der Waals surface area contributed by atoms with Crippen LogP contribution in [-0.4, -0.2) is 23.7 Å². The molecule has 2 heteroatoms. The van der Waals surface area contributed by atoms with E-state index in [9.17, 15) is 5.11 Å². The molecule has 0 amide bonds. The third kappa shape index (κ3) is 2.47. The second-order valence-electron chi connectivity index (χ2n) is 8.55. The number of fused-ring (bicyclic) bond motifs is 2. The van der Waals surface area contributed by atoms with E-state index in [-0.39, 0.29) is 0 Å². The quantitative estimate of drug-likeness (QED) is 0.821. The highest BCUT2D eigenvalue weighted by Gasteiger charge is 2.59. The summed E-state index contributed by atoms with van der Waals surface area (Å²) in [5.74, 6) is 1.78. The molecule has 0 spiro atoms. The van der Waals surface area contributed by atoms with Crippen LogP contribution in [0.3, 0.4) is 0 Å². The molecule has 0 aromatic heterocycles. The summed E-state index contributed by atoms with van der Waals surface area (Å²) in [6, 6.07) is 21.8. The van der Waals surface area contributed by atoms with Crippen LogP contribution in [0.2, 0.25) is 0 Å². The molecular weight excluding hydrogens is 323 g/mol. The monoisotopic (exact) mass is 352 g/mol. The summed E-state index contributed by atoms with van der Waals surface area (Å²) in [5, 5.41) is 13.1. The number of aliphatic hydroxyl groups excluding tert-OH is 1. The molecule has 2 aromatic rings. The predicted octanol–water partition coefficient (Wildman–Crippen LogP) is 4.13. The Balaban J connectivity index is 1.84. The molecule has 3 saturated carbocycles. The summed E-state index contributed by atoms with van der Waals surface area (Å²) in [4.78, 5) is 0. The van der Waals surface area contributed by atoms with E-state index in [1.807, 2.05) is 0 Å². The van der Waals surface area contributed by atoms with Crippen LogP contribution in [0.1, 0.15) is 26.7 Å². The van der Waals surface area contributed by atoms with Crippen LogP contribution in [0.5, 0.6) is 0 Å². The molecule has 3 aliphatic rings. The van der Waals surface area contributed by atoms with E-state index in [2.05, 4.69) is 74.5 Å². The minimum atomic E-state index is -1.80. The van der Waals surface area contributed by atoms with E-state index in [0.717, 1.165) is 5.92 Å². The first-order valence-electron chi connectivity index (χ1n) is 9.44. The van der Waals surface area contributed by atoms with E-state index in [0.29, 0.717) is 29.5 Å². The van der Waals surface area contributed by atoms with Gasteiger partial charge in [0, 0.05) is 6.61 Å². The average Bonchev–Trinajstić information content (AvgIpc) is 2.68. The van der Waals surface area contributed by atoms with Gasteiger partial charge in [0.15, 0.2) is 0 Å². The molecule has 1 nitrogen and oxygen atoms in total. The second kappa shape index (κ2) is 6.15. The first-order chi connectivity index (χ1) is 12.0. The molecule has 0 saturated heterocycles. The Morgan fingerprint density at radius 1 is 0.960 bits per heavy atom. The zero-order chi connectivity index (χ0) is 17.7. The van der Waals surface area contributed by atoms with Crippen LogP contribution in [0.25, 0.3) is 0 Å². The van der Waals surface area contributed by atoms with E-state index in [1.54, 1.807) is 0 Å². The van der Waals surface area contributed by atoms with Crippen molar-refractivity contribution in [1.29, 1.82) is 0 Å². The van der Waals surface area contributed by atoms with E-state index in [1.165, 1.54) is 23.5 Å². The van der Waals surface area contributed by atoms with Gasteiger partial charge in [-0.05, 0) is 52.3 Å². The van der Waals surface area contributed by atoms with Crippen LogP contribution in [0, 0.1) is 23.2 Å². The fraction of sp³-hybridized carbons (Fsp3) is 0.435. The van der Waals surface area contributed by atoms with Gasteiger partial charge in [0.05, 0.1) is 0 Å². The highest BCUT2D eigenvalue weighted by molar-refractivity contribution is 7.87. The Labute approximate surface area is 152 Å². The van der Waals surface area contributed by atoms with Crippen molar-refractivity contribution in [2.24, 2.45) is 23.2 Å². The zero-order valence-corrected chi connectivity index (χ0v) is 16.2. The maximum absolute atomic E-state index is 10.3. The lowest BCUT2D eigenvalue weighted by Crippen LogP contribution is -2.59. The number of aliphatic hydroxyl groups is 1. The smallest absolute Gasteiger partial charge is 0.0468 e. The van der Waals surface area contributed by atoms with Crippen LogP contribution >= 0.6 is 6.89 Å². The number of benzene rings is 2. The third-order valence-electron chi connectivity index (χ3n) is 7.29. The summed E-state index contributed by atoms with van der Waals surface area (Å²) >= 11 is 0. The number of hydrogen-bond donors (Lipinski definition) is 1. The van der Waals surface area contributed by atoms with Gasteiger partial charge in [-0.3, -0.25) is 0 Å². The molecule has 0 heterocycles. The van der Waals surface area contributed by atoms with Crippen LogP contribution in [-0.2, 0) is 0 Å². The van der Waals surface area contributed by atoms with Gasteiger partial charge < -0.3 is 5.11 Å². The van der Waals surface area contributed by atoms with Gasteiger partial charge in [0.2, 0.25) is 0 Å². The second-order valence-corrected chi connectivity index (χ2v) is 12.0. The van der Waals surface area contributed by atoms with Gasteiger partial charge in [-0.2, -0.15) is 0 Å². The molecule has 3 fully saturated rings. The average molecular weight is 352 g/mol. The molecule has 3 aliphatic carbocycles. The van der Waals surface area contributed by atoms with Gasteiger partial charge >= 0.3 is 0 Å². The summed E-state index contributed by atoms with van der Waals surface area (Å²) in [7, 11) is 0. The lowest BCUT2D eigenvalue weighted by molar-refractivity contribution is -0.113. The molecule has 5 rings (SSSR count). The molecule has 132 valence electrons. The SMILES string of the molecule is C=P(c1ccccc1)(c1ccccc1)[C@H]1C[C@H]2C[C@@H]([C@H]1CO)C2(C)C. The van der Waals surface area contributed by atoms with Crippen molar-refractivity contribution in [2.75, 3.05) is 6.61 Å². The van der Waals surface area contributed by atoms with E-state index in [4.69, 9.17) is 6.30 Å². The molecule has 0 unspecified atom stereocenters. The van der Waals surface area contributed by atoms with Crippen molar-refractivity contribution in [3.8, 4) is 0 Å². The van der Waals surface area contributed by atoms with E-state index >= 15 is 0 Å². The molecule has 4 atom stereocenters. The van der Waals surface area contributed by atoms with Crippen molar-refractivity contribution >= 4 is 23.8 Å². The van der Waals surface area contributed by atoms with Gasteiger partial charge in [0.25, 0.3) is 0 Å². The lowest BCUT2D eigenvalue weighted by atomic mass is 9.45. The van der Waals surface area contributed by atoms with Crippen LogP contribution in [0.15, 0.2) is 60.7 Å². The molecule has 0 aliphatic heterocycles. The molecular formula is C23H29OP. The lowest BCUT2D eigenvalue weighted by Gasteiger charge is -2.64. The van der Waals surface area contributed by atoms with Gasteiger partial charge in [-0.15, -0.1) is 0 Å². The molecule has 25 heavy (non-hydrogen) atoms. The minimum Gasteiger partial charge on any atom is -0.396 e. The fourth-order valence-electron chi connectivity index (χ4n) is 5.59. The van der Waals surface area contributed by atoms with Crippen molar-refractivity contribution in [3.05, 3.63) is 60.7 Å². The first kappa shape index (κ1) is 17.1. The minimum absolute atomic E-state index is 0.294. The highest BCUT2D eigenvalue weighted by atomic mass is 31.2. The molecule has 1 N–H and O–H groups in total. The Morgan fingerprint density at radius 2 is 1.48 bits per heavy atom. The van der Waals surface area contributed by atoms with Gasteiger partial charge in [-0.25, -0.2) is 0 Å². The van der Waals surface area contributed by atoms with Crippen molar-refractivity contribution in [2.45, 2.75) is 32.3 Å². The van der Waals surface area contributed by atoms with Crippen molar-refractivity contribution in [1.82, 2.24) is 0 Å². The first-order valence-corrected chi connectivity index (χ1v) is 11.5. The summed E-state index contributed by atoms with van der Waals surface area (Å²) in [6.45, 7) is 3.30. The normalized spacial score (nSPS) is 30.5. The van der Waals surface area contributed by atoms with Crippen molar-refractivity contribution < 1.29 is 5.11 Å². The highest BCUT2D eigenvalue weighted by Crippen LogP contribution is 2.68. The summed E-state index contributed by atoms with van der Waals surface area (Å²) in [5.41, 5.74) is 0.862. The van der Waals surface area contributed by atoms with Crippen LogP contribution in [0.4, 0.5) is 0 Å². The Bertz CT molecular complexity index is 737. The van der Waals surface area contributed by atoms with Gasteiger partial charge in [0.1, 0.15) is 0 Å². The fourth-order valence-corrected chi connectivity index (χ4v) is 9.64. The Hall–Kier alpha value is -1.30. The third-order valence-corrected chi connectivity index (χ3v) is 11.5. The maximum Gasteiger partial charge on any atom is 0.0468 e. The largest absolute Gasteiger partial charge is 0.396 e.